The van der Waals surface area contributed by atoms with Crippen LogP contribution in [0.5, 0.6) is 0 Å². The SMILES string of the molecule is Cc1cc(C)cc(CC(=O)CCCS(C)(=O)=O)c1. The van der Waals surface area contributed by atoms with Crippen molar-refractivity contribution in [1.82, 2.24) is 0 Å². The molecule has 4 heteroatoms. The zero-order valence-electron chi connectivity index (χ0n) is 11.2. The van der Waals surface area contributed by atoms with Crippen LogP contribution in [-0.2, 0) is 21.1 Å². The Morgan fingerprint density at radius 1 is 1.11 bits per heavy atom. The van der Waals surface area contributed by atoms with Crippen molar-refractivity contribution in [3.05, 3.63) is 34.9 Å². The molecule has 1 aromatic carbocycles. The van der Waals surface area contributed by atoms with E-state index >= 15 is 0 Å². The van der Waals surface area contributed by atoms with Crippen molar-refractivity contribution in [1.29, 1.82) is 0 Å². The highest BCUT2D eigenvalue weighted by Crippen LogP contribution is 2.11. The van der Waals surface area contributed by atoms with E-state index in [0.29, 0.717) is 19.3 Å². The Morgan fingerprint density at radius 2 is 1.67 bits per heavy atom. The van der Waals surface area contributed by atoms with Crippen molar-refractivity contribution in [3.63, 3.8) is 0 Å². The summed E-state index contributed by atoms with van der Waals surface area (Å²) in [6, 6.07) is 6.07. The molecule has 0 heterocycles. The molecule has 0 aliphatic rings. The molecule has 1 rings (SSSR count). The number of rotatable bonds is 6. The molecule has 0 aliphatic carbocycles. The molecule has 0 saturated carbocycles. The number of hydrogen-bond donors (Lipinski definition) is 0. The molecule has 0 bridgehead atoms. The van der Waals surface area contributed by atoms with Crippen molar-refractivity contribution in [3.8, 4) is 0 Å². The molecular formula is C14H20O3S. The van der Waals surface area contributed by atoms with Gasteiger partial charge in [-0.25, -0.2) is 8.42 Å². The van der Waals surface area contributed by atoms with Crippen LogP contribution in [0.25, 0.3) is 0 Å². The van der Waals surface area contributed by atoms with Gasteiger partial charge in [0, 0.05) is 19.1 Å². The van der Waals surface area contributed by atoms with Crippen LogP contribution in [-0.4, -0.2) is 26.2 Å². The lowest BCUT2D eigenvalue weighted by atomic mass is 10.0. The molecule has 3 nitrogen and oxygen atoms in total. The maximum atomic E-state index is 11.7. The van der Waals surface area contributed by atoms with Crippen LogP contribution in [0.4, 0.5) is 0 Å². The van der Waals surface area contributed by atoms with Gasteiger partial charge in [-0.3, -0.25) is 4.79 Å². The first-order chi connectivity index (χ1) is 8.26. The van der Waals surface area contributed by atoms with Crippen LogP contribution in [0.1, 0.15) is 29.5 Å². The Kier molecular flexibility index (Phi) is 5.08. The van der Waals surface area contributed by atoms with E-state index in [1.807, 2.05) is 26.0 Å². The summed E-state index contributed by atoms with van der Waals surface area (Å²) in [5.41, 5.74) is 3.31. The zero-order chi connectivity index (χ0) is 13.8. The molecule has 0 radical (unpaired) electrons. The molecule has 18 heavy (non-hydrogen) atoms. The molecule has 0 fully saturated rings. The monoisotopic (exact) mass is 268 g/mol. The summed E-state index contributed by atoms with van der Waals surface area (Å²) in [6.07, 6.45) is 2.34. The number of hydrogen-bond acceptors (Lipinski definition) is 3. The van der Waals surface area contributed by atoms with Crippen molar-refractivity contribution in [2.24, 2.45) is 0 Å². The fourth-order valence-corrected chi connectivity index (χ4v) is 2.69. The van der Waals surface area contributed by atoms with Gasteiger partial charge in [0.2, 0.25) is 0 Å². The molecule has 0 aromatic heterocycles. The largest absolute Gasteiger partial charge is 0.299 e. The normalized spacial score (nSPS) is 11.5. The standard InChI is InChI=1S/C14H20O3S/c1-11-7-12(2)9-13(8-11)10-14(15)5-4-6-18(3,16)17/h7-9H,4-6,10H2,1-3H3. The first kappa shape index (κ1) is 14.9. The lowest BCUT2D eigenvalue weighted by molar-refractivity contribution is -0.118. The Balaban J connectivity index is 2.49. The number of aryl methyl sites for hydroxylation is 2. The van der Waals surface area contributed by atoms with Gasteiger partial charge >= 0.3 is 0 Å². The van der Waals surface area contributed by atoms with Crippen molar-refractivity contribution in [2.75, 3.05) is 12.0 Å². The Labute approximate surface area is 109 Å². The quantitative estimate of drug-likeness (QED) is 0.795. The third kappa shape index (κ3) is 5.96. The molecule has 0 atom stereocenters. The van der Waals surface area contributed by atoms with Gasteiger partial charge in [0.05, 0.1) is 5.75 Å². The maximum absolute atomic E-state index is 11.7. The second kappa shape index (κ2) is 6.14. The Morgan fingerprint density at radius 3 is 2.17 bits per heavy atom. The van der Waals surface area contributed by atoms with Crippen LogP contribution in [0.15, 0.2) is 18.2 Å². The Bertz CT molecular complexity index is 510. The molecule has 0 amide bonds. The summed E-state index contributed by atoms with van der Waals surface area (Å²) in [4.78, 5) is 11.7. The van der Waals surface area contributed by atoms with Crippen LogP contribution >= 0.6 is 0 Å². The third-order valence-corrected chi connectivity index (χ3v) is 3.68. The average Bonchev–Trinajstić information content (AvgIpc) is 2.12. The van der Waals surface area contributed by atoms with Crippen molar-refractivity contribution >= 4 is 15.6 Å². The molecule has 0 spiro atoms. The lowest BCUT2D eigenvalue weighted by Crippen LogP contribution is -2.08. The average molecular weight is 268 g/mol. The van der Waals surface area contributed by atoms with Crippen LogP contribution in [0.3, 0.4) is 0 Å². The van der Waals surface area contributed by atoms with E-state index in [9.17, 15) is 13.2 Å². The highest BCUT2D eigenvalue weighted by atomic mass is 32.2. The van der Waals surface area contributed by atoms with E-state index in [-0.39, 0.29) is 11.5 Å². The third-order valence-electron chi connectivity index (χ3n) is 2.65. The van der Waals surface area contributed by atoms with E-state index in [1.54, 1.807) is 0 Å². The number of Topliss-reactive ketones (excluding diaryl/α,β-unsaturated/α-hetero) is 1. The summed E-state index contributed by atoms with van der Waals surface area (Å²) in [7, 11) is -2.96. The second-order valence-electron chi connectivity index (χ2n) is 4.94. The van der Waals surface area contributed by atoms with Crippen molar-refractivity contribution < 1.29 is 13.2 Å². The molecule has 0 unspecified atom stereocenters. The summed E-state index contributed by atoms with van der Waals surface area (Å²) < 4.78 is 21.9. The van der Waals surface area contributed by atoms with Gasteiger partial charge in [-0.1, -0.05) is 29.3 Å². The molecule has 0 aliphatic heterocycles. The number of sulfone groups is 1. The van der Waals surface area contributed by atoms with Gasteiger partial charge in [0.1, 0.15) is 15.6 Å². The van der Waals surface area contributed by atoms with Crippen LogP contribution in [0.2, 0.25) is 0 Å². The van der Waals surface area contributed by atoms with E-state index in [4.69, 9.17) is 0 Å². The molecule has 0 N–H and O–H groups in total. The van der Waals surface area contributed by atoms with Gasteiger partial charge in [-0.05, 0) is 25.8 Å². The highest BCUT2D eigenvalue weighted by Gasteiger charge is 2.07. The first-order valence-corrected chi connectivity index (χ1v) is 8.09. The van der Waals surface area contributed by atoms with Gasteiger partial charge < -0.3 is 0 Å². The number of carbonyl (C=O) groups is 1. The zero-order valence-corrected chi connectivity index (χ0v) is 12.0. The predicted octanol–water partition coefficient (Wildman–Crippen LogP) is 2.24. The fraction of sp³-hybridized carbons (Fsp3) is 0.500. The summed E-state index contributed by atoms with van der Waals surface area (Å²) in [5.74, 6) is 0.189. The second-order valence-corrected chi connectivity index (χ2v) is 7.20. The van der Waals surface area contributed by atoms with Crippen molar-refractivity contribution in [2.45, 2.75) is 33.1 Å². The van der Waals surface area contributed by atoms with E-state index in [1.165, 1.54) is 6.26 Å². The first-order valence-electron chi connectivity index (χ1n) is 6.03. The number of carbonyl (C=O) groups excluding carboxylic acids is 1. The lowest BCUT2D eigenvalue weighted by Gasteiger charge is -2.04. The van der Waals surface area contributed by atoms with E-state index in [0.717, 1.165) is 16.7 Å². The smallest absolute Gasteiger partial charge is 0.147 e. The molecular weight excluding hydrogens is 248 g/mol. The van der Waals surface area contributed by atoms with Gasteiger partial charge in [0.15, 0.2) is 0 Å². The minimum Gasteiger partial charge on any atom is -0.299 e. The fourth-order valence-electron chi connectivity index (χ4n) is 2.02. The number of benzene rings is 1. The van der Waals surface area contributed by atoms with Gasteiger partial charge in [-0.15, -0.1) is 0 Å². The minimum absolute atomic E-state index is 0.0889. The van der Waals surface area contributed by atoms with E-state index < -0.39 is 9.84 Å². The van der Waals surface area contributed by atoms with E-state index in [2.05, 4.69) is 6.07 Å². The molecule has 1 aromatic rings. The summed E-state index contributed by atoms with van der Waals surface area (Å²) in [6.45, 7) is 4.01. The van der Waals surface area contributed by atoms with Gasteiger partial charge in [-0.2, -0.15) is 0 Å². The molecule has 0 saturated heterocycles. The summed E-state index contributed by atoms with van der Waals surface area (Å²) in [5, 5.41) is 0. The maximum Gasteiger partial charge on any atom is 0.147 e. The van der Waals surface area contributed by atoms with Crippen LogP contribution in [0, 0.1) is 13.8 Å². The topological polar surface area (TPSA) is 51.2 Å². The number of ketones is 1. The predicted molar refractivity (Wildman–Crippen MR) is 73.6 cm³/mol. The highest BCUT2D eigenvalue weighted by molar-refractivity contribution is 7.90. The summed E-state index contributed by atoms with van der Waals surface area (Å²) >= 11 is 0. The van der Waals surface area contributed by atoms with Crippen LogP contribution < -0.4 is 0 Å². The minimum atomic E-state index is -2.96. The molecule has 100 valence electrons. The Hall–Kier alpha value is -1.16. The van der Waals surface area contributed by atoms with Gasteiger partial charge in [0.25, 0.3) is 0 Å².